The van der Waals surface area contributed by atoms with Gasteiger partial charge in [-0.15, -0.1) is 11.6 Å². The summed E-state index contributed by atoms with van der Waals surface area (Å²) in [6.45, 7) is 3.00. The monoisotopic (exact) mass is 213 g/mol. The van der Waals surface area contributed by atoms with Crippen LogP contribution in [0.5, 0.6) is 0 Å². The lowest BCUT2D eigenvalue weighted by atomic mass is 10.0. The maximum absolute atomic E-state index is 6.08. The average Bonchev–Trinajstić information content (AvgIpc) is 2.76. The van der Waals surface area contributed by atoms with Crippen molar-refractivity contribution in [2.24, 2.45) is 5.92 Å². The Hall–Kier alpha value is -0.570. The molecule has 3 nitrogen and oxygen atoms in total. The maximum atomic E-state index is 6.08. The summed E-state index contributed by atoms with van der Waals surface area (Å²) in [5.74, 6) is 1.83. The molecule has 2 rings (SSSR count). The molecule has 1 heterocycles. The zero-order valence-electron chi connectivity index (χ0n) is 8.49. The van der Waals surface area contributed by atoms with E-state index in [-0.39, 0.29) is 0 Å². The molecule has 0 spiro atoms. The minimum absolute atomic E-state index is 0.387. The first-order chi connectivity index (χ1) is 6.79. The van der Waals surface area contributed by atoms with Gasteiger partial charge >= 0.3 is 0 Å². The van der Waals surface area contributed by atoms with E-state index in [1.165, 1.54) is 6.42 Å². The normalized spacial score (nSPS) is 27.0. The molecule has 78 valence electrons. The highest BCUT2D eigenvalue weighted by molar-refractivity contribution is 6.20. The summed E-state index contributed by atoms with van der Waals surface area (Å²) >= 11 is 6.08. The number of rotatable bonds is 3. The molecule has 0 amide bonds. The van der Waals surface area contributed by atoms with Gasteiger partial charge in [0.1, 0.15) is 12.2 Å². The predicted molar refractivity (Wildman–Crippen MR) is 56.4 cm³/mol. The molecule has 1 saturated carbocycles. The van der Waals surface area contributed by atoms with Crippen molar-refractivity contribution in [1.29, 1.82) is 0 Å². The van der Waals surface area contributed by atoms with E-state index < -0.39 is 0 Å². The summed E-state index contributed by atoms with van der Waals surface area (Å²) < 4.78 is 1.97. The molecular weight excluding hydrogens is 198 g/mol. The molecule has 2 unspecified atom stereocenters. The SMILES string of the molecule is CCn1ncnc1CC1CCC(Cl)C1. The zero-order chi connectivity index (χ0) is 9.97. The minimum Gasteiger partial charge on any atom is -0.250 e. The van der Waals surface area contributed by atoms with Gasteiger partial charge in [0.25, 0.3) is 0 Å². The molecule has 14 heavy (non-hydrogen) atoms. The largest absolute Gasteiger partial charge is 0.250 e. The first-order valence-electron chi connectivity index (χ1n) is 5.30. The van der Waals surface area contributed by atoms with Gasteiger partial charge in [0.2, 0.25) is 0 Å². The second-order valence-corrected chi connectivity index (χ2v) is 4.59. The van der Waals surface area contributed by atoms with Crippen LogP contribution in [0, 0.1) is 5.92 Å². The molecule has 1 aromatic heterocycles. The quantitative estimate of drug-likeness (QED) is 0.722. The Morgan fingerprint density at radius 3 is 3.07 bits per heavy atom. The number of hydrogen-bond donors (Lipinski definition) is 0. The lowest BCUT2D eigenvalue weighted by Crippen LogP contribution is -2.09. The first-order valence-corrected chi connectivity index (χ1v) is 5.74. The van der Waals surface area contributed by atoms with Crippen molar-refractivity contribution in [1.82, 2.24) is 14.8 Å². The van der Waals surface area contributed by atoms with Crippen LogP contribution in [-0.2, 0) is 13.0 Å². The number of aryl methyl sites for hydroxylation is 1. The number of halogens is 1. The van der Waals surface area contributed by atoms with E-state index >= 15 is 0 Å². The molecule has 1 aliphatic carbocycles. The summed E-state index contributed by atoms with van der Waals surface area (Å²) in [7, 11) is 0. The Balaban J connectivity index is 1.97. The van der Waals surface area contributed by atoms with Gasteiger partial charge in [-0.1, -0.05) is 0 Å². The highest BCUT2D eigenvalue weighted by Crippen LogP contribution is 2.31. The predicted octanol–water partition coefficient (Wildman–Crippen LogP) is 2.25. The van der Waals surface area contributed by atoms with Crippen molar-refractivity contribution in [2.75, 3.05) is 0 Å². The topological polar surface area (TPSA) is 30.7 Å². The fourth-order valence-corrected chi connectivity index (χ4v) is 2.55. The Morgan fingerprint density at radius 2 is 2.43 bits per heavy atom. The standard InChI is InChI=1S/C10H16ClN3/c1-2-14-10(12-7-13-14)6-8-3-4-9(11)5-8/h7-9H,2-6H2,1H3. The Kier molecular flexibility index (Phi) is 3.06. The highest BCUT2D eigenvalue weighted by atomic mass is 35.5. The molecule has 0 bridgehead atoms. The summed E-state index contributed by atoms with van der Waals surface area (Å²) in [6.07, 6.45) is 6.22. The third-order valence-corrected chi connectivity index (χ3v) is 3.34. The average molecular weight is 214 g/mol. The first kappa shape index (κ1) is 9.97. The molecule has 0 aliphatic heterocycles. The number of aromatic nitrogens is 3. The molecule has 4 heteroatoms. The number of nitrogens with zero attached hydrogens (tertiary/aromatic N) is 3. The molecule has 1 fully saturated rings. The van der Waals surface area contributed by atoms with Crippen LogP contribution in [-0.4, -0.2) is 20.1 Å². The summed E-state index contributed by atoms with van der Waals surface area (Å²) in [5, 5.41) is 4.56. The van der Waals surface area contributed by atoms with E-state index in [9.17, 15) is 0 Å². The van der Waals surface area contributed by atoms with Crippen LogP contribution < -0.4 is 0 Å². The van der Waals surface area contributed by atoms with Gasteiger partial charge in [-0.05, 0) is 32.1 Å². The van der Waals surface area contributed by atoms with Crippen LogP contribution in [0.1, 0.15) is 32.0 Å². The Bertz CT molecular complexity index is 297. The molecule has 0 N–H and O–H groups in total. The third-order valence-electron chi connectivity index (χ3n) is 2.94. The van der Waals surface area contributed by atoms with Crippen molar-refractivity contribution in [3.8, 4) is 0 Å². The van der Waals surface area contributed by atoms with E-state index in [2.05, 4.69) is 17.0 Å². The smallest absolute Gasteiger partial charge is 0.138 e. The minimum atomic E-state index is 0.387. The summed E-state index contributed by atoms with van der Waals surface area (Å²) in [5.41, 5.74) is 0. The van der Waals surface area contributed by atoms with Gasteiger partial charge in [0, 0.05) is 18.3 Å². The Morgan fingerprint density at radius 1 is 1.57 bits per heavy atom. The van der Waals surface area contributed by atoms with Crippen LogP contribution in [0.3, 0.4) is 0 Å². The number of hydrogen-bond acceptors (Lipinski definition) is 2. The summed E-state index contributed by atoms with van der Waals surface area (Å²) in [4.78, 5) is 4.28. The van der Waals surface area contributed by atoms with E-state index in [0.717, 1.165) is 31.6 Å². The van der Waals surface area contributed by atoms with Crippen molar-refractivity contribution in [3.63, 3.8) is 0 Å². The molecule has 1 aliphatic rings. The Labute approximate surface area is 89.5 Å². The van der Waals surface area contributed by atoms with Gasteiger partial charge in [-0.3, -0.25) is 4.68 Å². The van der Waals surface area contributed by atoms with E-state index in [1.807, 2.05) is 4.68 Å². The second-order valence-electron chi connectivity index (χ2n) is 3.97. The number of alkyl halides is 1. The second kappa shape index (κ2) is 4.30. The molecule has 2 atom stereocenters. The van der Waals surface area contributed by atoms with Gasteiger partial charge < -0.3 is 0 Å². The van der Waals surface area contributed by atoms with Crippen molar-refractivity contribution >= 4 is 11.6 Å². The van der Waals surface area contributed by atoms with Gasteiger partial charge in [0.15, 0.2) is 0 Å². The van der Waals surface area contributed by atoms with Gasteiger partial charge in [-0.25, -0.2) is 4.98 Å². The van der Waals surface area contributed by atoms with E-state index in [0.29, 0.717) is 11.3 Å². The maximum Gasteiger partial charge on any atom is 0.138 e. The van der Waals surface area contributed by atoms with Crippen LogP contribution >= 0.6 is 11.6 Å². The highest BCUT2D eigenvalue weighted by Gasteiger charge is 2.24. The van der Waals surface area contributed by atoms with Crippen molar-refractivity contribution < 1.29 is 0 Å². The molecule has 0 aromatic carbocycles. The molecule has 0 radical (unpaired) electrons. The fourth-order valence-electron chi connectivity index (χ4n) is 2.17. The van der Waals surface area contributed by atoms with Gasteiger partial charge in [0.05, 0.1) is 0 Å². The van der Waals surface area contributed by atoms with Crippen molar-refractivity contribution in [2.45, 2.75) is 44.5 Å². The lowest BCUT2D eigenvalue weighted by molar-refractivity contribution is 0.500. The lowest BCUT2D eigenvalue weighted by Gasteiger charge is -2.08. The van der Waals surface area contributed by atoms with Crippen LogP contribution in [0.4, 0.5) is 0 Å². The zero-order valence-corrected chi connectivity index (χ0v) is 9.24. The molecule has 0 saturated heterocycles. The van der Waals surface area contributed by atoms with Crippen LogP contribution in [0.25, 0.3) is 0 Å². The molecule has 1 aromatic rings. The van der Waals surface area contributed by atoms with Crippen molar-refractivity contribution in [3.05, 3.63) is 12.2 Å². The van der Waals surface area contributed by atoms with E-state index in [1.54, 1.807) is 6.33 Å². The van der Waals surface area contributed by atoms with Crippen LogP contribution in [0.2, 0.25) is 0 Å². The third kappa shape index (κ3) is 2.08. The van der Waals surface area contributed by atoms with Crippen LogP contribution in [0.15, 0.2) is 6.33 Å². The molecular formula is C10H16ClN3. The summed E-state index contributed by atoms with van der Waals surface area (Å²) in [6, 6.07) is 0. The fraction of sp³-hybridized carbons (Fsp3) is 0.800. The van der Waals surface area contributed by atoms with Gasteiger partial charge in [-0.2, -0.15) is 5.10 Å². The van der Waals surface area contributed by atoms with E-state index in [4.69, 9.17) is 11.6 Å².